The van der Waals surface area contributed by atoms with Crippen LogP contribution in [0.15, 0.2) is 6.33 Å². The minimum atomic E-state index is 0.522. The Labute approximate surface area is 112 Å². The summed E-state index contributed by atoms with van der Waals surface area (Å²) < 4.78 is 5.36. The second kappa shape index (κ2) is 3.96. The predicted molar refractivity (Wildman–Crippen MR) is 71.6 cm³/mol. The molecule has 3 saturated carbocycles. The summed E-state index contributed by atoms with van der Waals surface area (Å²) in [5, 5.41) is 3.54. The highest BCUT2D eigenvalue weighted by molar-refractivity contribution is 5.64. The summed E-state index contributed by atoms with van der Waals surface area (Å²) in [5.74, 6) is 10.9. The van der Waals surface area contributed by atoms with Crippen molar-refractivity contribution in [1.82, 2.24) is 9.97 Å². The Kier molecular flexibility index (Phi) is 2.35. The lowest BCUT2D eigenvalue weighted by atomic mass is 10.0. The molecule has 4 unspecified atom stereocenters. The molecule has 3 fully saturated rings. The number of fused-ring (bicyclic) bond motifs is 5. The summed E-state index contributed by atoms with van der Waals surface area (Å²) >= 11 is 0. The van der Waals surface area contributed by atoms with E-state index in [0.717, 1.165) is 29.5 Å². The molecule has 0 saturated heterocycles. The number of methoxy groups -OCH3 is 1. The molecule has 3 aliphatic rings. The predicted octanol–water partition coefficient (Wildman–Crippen LogP) is 1.23. The molecule has 0 aliphatic heterocycles. The Morgan fingerprint density at radius 1 is 1.21 bits per heavy atom. The summed E-state index contributed by atoms with van der Waals surface area (Å²) in [4.78, 5) is 8.35. The molecular formula is C13H19N5O. The van der Waals surface area contributed by atoms with Gasteiger partial charge in [0.15, 0.2) is 11.6 Å². The second-order valence-electron chi connectivity index (χ2n) is 5.91. The van der Waals surface area contributed by atoms with E-state index in [4.69, 9.17) is 10.6 Å². The zero-order valence-electron chi connectivity index (χ0n) is 11.0. The quantitative estimate of drug-likeness (QED) is 0.558. The van der Waals surface area contributed by atoms with Crippen molar-refractivity contribution >= 4 is 11.6 Å². The van der Waals surface area contributed by atoms with E-state index in [1.807, 2.05) is 0 Å². The fourth-order valence-electron chi connectivity index (χ4n) is 4.45. The van der Waals surface area contributed by atoms with Gasteiger partial charge in [0.25, 0.3) is 0 Å². The fraction of sp³-hybridized carbons (Fsp3) is 0.692. The van der Waals surface area contributed by atoms with Crippen LogP contribution >= 0.6 is 0 Å². The third-order valence-electron chi connectivity index (χ3n) is 5.18. The Bertz CT molecular complexity index is 492. The monoisotopic (exact) mass is 261 g/mol. The number of aromatic nitrogens is 2. The Hall–Kier alpha value is -1.56. The first kappa shape index (κ1) is 11.3. The normalized spacial score (nSPS) is 37.9. The molecule has 102 valence electrons. The average molecular weight is 261 g/mol. The number of anilines is 2. The molecule has 6 nitrogen and oxygen atoms in total. The molecule has 4 N–H and O–H groups in total. The molecule has 4 rings (SSSR count). The van der Waals surface area contributed by atoms with Gasteiger partial charge in [-0.25, -0.2) is 15.8 Å². The number of nitrogens with two attached hydrogens (primary N) is 1. The highest BCUT2D eigenvalue weighted by Crippen LogP contribution is 2.66. The van der Waals surface area contributed by atoms with Crippen LogP contribution in [0.3, 0.4) is 0 Å². The van der Waals surface area contributed by atoms with Gasteiger partial charge in [-0.15, -0.1) is 0 Å². The summed E-state index contributed by atoms with van der Waals surface area (Å²) in [6.45, 7) is 0. The van der Waals surface area contributed by atoms with E-state index in [1.165, 1.54) is 25.6 Å². The van der Waals surface area contributed by atoms with Crippen molar-refractivity contribution in [2.24, 2.45) is 29.5 Å². The van der Waals surface area contributed by atoms with Gasteiger partial charge in [0.05, 0.1) is 7.11 Å². The summed E-state index contributed by atoms with van der Waals surface area (Å²) in [6, 6.07) is 0.570. The van der Waals surface area contributed by atoms with Crippen LogP contribution in [0.25, 0.3) is 0 Å². The van der Waals surface area contributed by atoms with Crippen molar-refractivity contribution in [2.75, 3.05) is 17.9 Å². The van der Waals surface area contributed by atoms with E-state index in [9.17, 15) is 0 Å². The fourth-order valence-corrected chi connectivity index (χ4v) is 4.45. The van der Waals surface area contributed by atoms with Crippen LogP contribution in [0.5, 0.6) is 5.75 Å². The van der Waals surface area contributed by atoms with Crippen molar-refractivity contribution in [3.05, 3.63) is 6.33 Å². The van der Waals surface area contributed by atoms with Crippen molar-refractivity contribution in [1.29, 1.82) is 0 Å². The lowest BCUT2D eigenvalue weighted by Gasteiger charge is -2.15. The lowest BCUT2D eigenvalue weighted by Crippen LogP contribution is -2.16. The standard InChI is InChI=1S/C13H19N5O/c1-19-11-12(15-5-16-13(11)18-14)17-10-8-6-2-3-7(4-6)9(8)10/h5-10H,2-4,14H2,1H3,(H2,15,16,17,18). The van der Waals surface area contributed by atoms with Crippen molar-refractivity contribution in [3.63, 3.8) is 0 Å². The van der Waals surface area contributed by atoms with E-state index >= 15 is 0 Å². The molecule has 1 heterocycles. The van der Waals surface area contributed by atoms with Gasteiger partial charge in [0.2, 0.25) is 5.75 Å². The van der Waals surface area contributed by atoms with E-state index in [2.05, 4.69) is 20.7 Å². The number of hydrazine groups is 1. The van der Waals surface area contributed by atoms with Crippen LogP contribution in [0.4, 0.5) is 11.6 Å². The van der Waals surface area contributed by atoms with Crippen molar-refractivity contribution < 1.29 is 4.74 Å². The smallest absolute Gasteiger partial charge is 0.205 e. The minimum Gasteiger partial charge on any atom is -0.490 e. The first-order valence-corrected chi connectivity index (χ1v) is 6.95. The first-order chi connectivity index (χ1) is 9.33. The van der Waals surface area contributed by atoms with E-state index < -0.39 is 0 Å². The van der Waals surface area contributed by atoms with Gasteiger partial charge in [-0.1, -0.05) is 0 Å². The number of hydrogen-bond donors (Lipinski definition) is 3. The maximum atomic E-state index is 5.44. The molecule has 6 heteroatoms. The highest BCUT2D eigenvalue weighted by atomic mass is 16.5. The maximum absolute atomic E-state index is 5.44. The van der Waals surface area contributed by atoms with Gasteiger partial charge in [-0.05, 0) is 42.9 Å². The third kappa shape index (κ3) is 1.52. The van der Waals surface area contributed by atoms with Crippen LogP contribution in [0, 0.1) is 23.7 Å². The Morgan fingerprint density at radius 2 is 1.89 bits per heavy atom. The lowest BCUT2D eigenvalue weighted by molar-refractivity contribution is 0.414. The Balaban J connectivity index is 1.55. The number of nitrogens with one attached hydrogen (secondary N) is 2. The van der Waals surface area contributed by atoms with Crippen LogP contribution in [-0.2, 0) is 0 Å². The first-order valence-electron chi connectivity index (χ1n) is 6.95. The van der Waals surface area contributed by atoms with Gasteiger partial charge in [-0.2, -0.15) is 0 Å². The summed E-state index contributed by atoms with van der Waals surface area (Å²) in [7, 11) is 1.61. The van der Waals surface area contributed by atoms with E-state index in [0.29, 0.717) is 17.6 Å². The largest absolute Gasteiger partial charge is 0.490 e. The number of hydrogen-bond acceptors (Lipinski definition) is 6. The summed E-state index contributed by atoms with van der Waals surface area (Å²) in [5.41, 5.74) is 2.54. The van der Waals surface area contributed by atoms with E-state index in [-0.39, 0.29) is 0 Å². The van der Waals surface area contributed by atoms with Crippen LogP contribution in [0.2, 0.25) is 0 Å². The van der Waals surface area contributed by atoms with Gasteiger partial charge in [0.1, 0.15) is 6.33 Å². The zero-order chi connectivity index (χ0) is 13.0. The van der Waals surface area contributed by atoms with Gasteiger partial charge in [0, 0.05) is 6.04 Å². The number of ether oxygens (including phenoxy) is 1. The minimum absolute atomic E-state index is 0.522. The van der Waals surface area contributed by atoms with Crippen LogP contribution < -0.4 is 21.3 Å². The summed E-state index contributed by atoms with van der Waals surface area (Å²) in [6.07, 6.45) is 5.79. The molecule has 0 aromatic carbocycles. The Morgan fingerprint density at radius 3 is 2.53 bits per heavy atom. The molecule has 1 aromatic heterocycles. The van der Waals surface area contributed by atoms with Gasteiger partial charge in [-0.3, -0.25) is 0 Å². The van der Waals surface area contributed by atoms with Crippen molar-refractivity contribution in [2.45, 2.75) is 25.3 Å². The highest BCUT2D eigenvalue weighted by Gasteiger charge is 2.65. The van der Waals surface area contributed by atoms with E-state index in [1.54, 1.807) is 7.11 Å². The molecule has 1 aromatic rings. The van der Waals surface area contributed by atoms with Gasteiger partial charge >= 0.3 is 0 Å². The molecule has 0 spiro atoms. The zero-order valence-corrected chi connectivity index (χ0v) is 11.0. The van der Waals surface area contributed by atoms with Crippen molar-refractivity contribution in [3.8, 4) is 5.75 Å². The average Bonchev–Trinajstić information content (AvgIpc) is 2.85. The third-order valence-corrected chi connectivity index (χ3v) is 5.18. The molecule has 4 atom stereocenters. The number of nitrogens with zero attached hydrogens (tertiary/aromatic N) is 2. The number of nitrogen functional groups attached to an aromatic ring is 1. The molecular weight excluding hydrogens is 242 g/mol. The topological polar surface area (TPSA) is 85.1 Å². The molecule has 19 heavy (non-hydrogen) atoms. The molecule has 3 aliphatic carbocycles. The maximum Gasteiger partial charge on any atom is 0.205 e. The number of rotatable bonds is 4. The van der Waals surface area contributed by atoms with Crippen LogP contribution in [-0.4, -0.2) is 23.1 Å². The SMILES string of the molecule is COc1c(NN)ncnc1NC1C2C3CCC(C3)C12. The molecule has 0 amide bonds. The molecule has 0 radical (unpaired) electrons. The second-order valence-corrected chi connectivity index (χ2v) is 5.91. The van der Waals surface area contributed by atoms with Crippen LogP contribution in [0.1, 0.15) is 19.3 Å². The molecule has 2 bridgehead atoms. The van der Waals surface area contributed by atoms with Gasteiger partial charge < -0.3 is 15.5 Å².